The second-order valence-corrected chi connectivity index (χ2v) is 5.23. The predicted molar refractivity (Wildman–Crippen MR) is 78.1 cm³/mol. The molecule has 20 heavy (non-hydrogen) atoms. The number of hydrogen-bond acceptors (Lipinski definition) is 3. The van der Waals surface area contributed by atoms with E-state index in [-0.39, 0.29) is 12.5 Å². The summed E-state index contributed by atoms with van der Waals surface area (Å²) in [4.78, 5) is 18.1. The van der Waals surface area contributed by atoms with Crippen LogP contribution in [-0.2, 0) is 4.79 Å². The van der Waals surface area contributed by atoms with E-state index >= 15 is 0 Å². The fourth-order valence-corrected chi connectivity index (χ4v) is 2.64. The fraction of sp³-hybridized carbons (Fsp3) is 0.333. The monoisotopic (exact) mass is 290 g/mol. The van der Waals surface area contributed by atoms with Crippen molar-refractivity contribution in [3.63, 3.8) is 0 Å². The summed E-state index contributed by atoms with van der Waals surface area (Å²) in [5.41, 5.74) is 0.689. The largest absolute Gasteiger partial charge is 0.481 e. The number of likely N-dealkylation sites (tertiary alicyclic amines) is 1. The van der Waals surface area contributed by atoms with E-state index in [1.165, 1.54) is 0 Å². The van der Waals surface area contributed by atoms with E-state index in [4.69, 9.17) is 16.3 Å². The van der Waals surface area contributed by atoms with Gasteiger partial charge in [-0.25, -0.2) is 0 Å². The van der Waals surface area contributed by atoms with Gasteiger partial charge in [-0.05, 0) is 37.1 Å². The Labute approximate surface area is 122 Å². The summed E-state index contributed by atoms with van der Waals surface area (Å²) < 4.78 is 5.64. The highest BCUT2D eigenvalue weighted by atomic mass is 35.5. The first-order valence-electron chi connectivity index (χ1n) is 6.69. The average molecular weight is 291 g/mol. The minimum atomic E-state index is 0.0292. The first kappa shape index (κ1) is 13.2. The summed E-state index contributed by atoms with van der Waals surface area (Å²) in [7, 11) is 0. The zero-order valence-electron chi connectivity index (χ0n) is 11.0. The number of pyridine rings is 1. The molecule has 1 fully saturated rings. The van der Waals surface area contributed by atoms with Crippen LogP contribution < -0.4 is 4.74 Å². The lowest BCUT2D eigenvalue weighted by Gasteiger charge is -2.16. The maximum Gasteiger partial charge on any atom is 0.260 e. The zero-order chi connectivity index (χ0) is 13.9. The molecule has 1 amide bonds. The number of hydrogen-bond donors (Lipinski definition) is 0. The molecule has 0 saturated carbocycles. The number of rotatable bonds is 3. The van der Waals surface area contributed by atoms with Gasteiger partial charge in [0.25, 0.3) is 5.91 Å². The van der Waals surface area contributed by atoms with Crippen molar-refractivity contribution in [2.24, 2.45) is 0 Å². The van der Waals surface area contributed by atoms with Gasteiger partial charge < -0.3 is 9.64 Å². The smallest absolute Gasteiger partial charge is 0.260 e. The van der Waals surface area contributed by atoms with E-state index in [9.17, 15) is 4.79 Å². The number of ether oxygens (including phenoxy) is 1. The van der Waals surface area contributed by atoms with Gasteiger partial charge in [-0.15, -0.1) is 0 Å². The molecule has 0 atom stereocenters. The van der Waals surface area contributed by atoms with Crippen LogP contribution >= 0.6 is 11.6 Å². The normalized spacial score (nSPS) is 14.8. The SMILES string of the molecule is O=C(COc1ccc(Cl)c2cccnc12)N1CCCC1. The topological polar surface area (TPSA) is 42.4 Å². The van der Waals surface area contributed by atoms with Crippen LogP contribution in [0.25, 0.3) is 10.9 Å². The first-order chi connectivity index (χ1) is 9.75. The van der Waals surface area contributed by atoms with Gasteiger partial charge in [-0.3, -0.25) is 9.78 Å². The van der Waals surface area contributed by atoms with Crippen molar-refractivity contribution >= 4 is 28.4 Å². The molecule has 1 saturated heterocycles. The molecule has 0 N–H and O–H groups in total. The van der Waals surface area contributed by atoms with E-state index in [2.05, 4.69) is 4.98 Å². The molecule has 0 unspecified atom stereocenters. The predicted octanol–water partition coefficient (Wildman–Crippen LogP) is 2.89. The van der Waals surface area contributed by atoms with Gasteiger partial charge in [0.1, 0.15) is 11.3 Å². The van der Waals surface area contributed by atoms with Gasteiger partial charge in [-0.1, -0.05) is 11.6 Å². The van der Waals surface area contributed by atoms with Gasteiger partial charge in [0.05, 0.1) is 5.02 Å². The molecule has 1 aromatic carbocycles. The highest BCUT2D eigenvalue weighted by molar-refractivity contribution is 6.35. The van der Waals surface area contributed by atoms with Crippen LogP contribution in [0.1, 0.15) is 12.8 Å². The maximum atomic E-state index is 12.0. The summed E-state index contributed by atoms with van der Waals surface area (Å²) >= 11 is 6.12. The molecular formula is C15H15ClN2O2. The molecule has 1 aliphatic rings. The third-order valence-electron chi connectivity index (χ3n) is 3.49. The molecule has 1 aromatic heterocycles. The van der Waals surface area contributed by atoms with Gasteiger partial charge >= 0.3 is 0 Å². The first-order valence-corrected chi connectivity index (χ1v) is 7.07. The Bertz CT molecular complexity index is 639. The molecule has 3 rings (SSSR count). The molecule has 1 aliphatic heterocycles. The molecule has 4 nitrogen and oxygen atoms in total. The van der Waals surface area contributed by atoms with Crippen molar-refractivity contribution in [1.29, 1.82) is 0 Å². The molecule has 0 radical (unpaired) electrons. The quantitative estimate of drug-likeness (QED) is 0.873. The summed E-state index contributed by atoms with van der Waals surface area (Å²) in [6, 6.07) is 7.24. The molecule has 0 bridgehead atoms. The van der Waals surface area contributed by atoms with E-state index in [0.29, 0.717) is 16.3 Å². The maximum absolute atomic E-state index is 12.0. The van der Waals surface area contributed by atoms with Crippen molar-refractivity contribution in [1.82, 2.24) is 9.88 Å². The van der Waals surface area contributed by atoms with Crippen molar-refractivity contribution < 1.29 is 9.53 Å². The van der Waals surface area contributed by atoms with Crippen molar-refractivity contribution in [2.45, 2.75) is 12.8 Å². The Morgan fingerprint density at radius 1 is 1.30 bits per heavy atom. The van der Waals surface area contributed by atoms with Crippen molar-refractivity contribution in [3.05, 3.63) is 35.5 Å². The van der Waals surface area contributed by atoms with Crippen molar-refractivity contribution in [3.8, 4) is 5.75 Å². The molecular weight excluding hydrogens is 276 g/mol. The van der Waals surface area contributed by atoms with Crippen LogP contribution in [0.2, 0.25) is 5.02 Å². The minimum Gasteiger partial charge on any atom is -0.481 e. The lowest BCUT2D eigenvalue weighted by Crippen LogP contribution is -2.32. The molecule has 104 valence electrons. The van der Waals surface area contributed by atoms with Gasteiger partial charge in [0.2, 0.25) is 0 Å². The molecule has 2 heterocycles. The highest BCUT2D eigenvalue weighted by Crippen LogP contribution is 2.29. The summed E-state index contributed by atoms with van der Waals surface area (Å²) in [5, 5.41) is 1.46. The van der Waals surface area contributed by atoms with Crippen LogP contribution in [0.3, 0.4) is 0 Å². The molecule has 5 heteroatoms. The number of aromatic nitrogens is 1. The standard InChI is InChI=1S/C15H15ClN2O2/c16-12-5-6-13(15-11(12)4-3-7-17-15)20-10-14(19)18-8-1-2-9-18/h3-7H,1-2,8-10H2. The summed E-state index contributed by atoms with van der Waals surface area (Å²) in [5.74, 6) is 0.624. The third kappa shape index (κ3) is 2.56. The second kappa shape index (κ2) is 5.67. The van der Waals surface area contributed by atoms with Gasteiger partial charge in [-0.2, -0.15) is 0 Å². The fourth-order valence-electron chi connectivity index (χ4n) is 2.43. The highest BCUT2D eigenvalue weighted by Gasteiger charge is 2.18. The Hall–Kier alpha value is -1.81. The number of nitrogens with zero attached hydrogens (tertiary/aromatic N) is 2. The Morgan fingerprint density at radius 2 is 2.10 bits per heavy atom. The van der Waals surface area contributed by atoms with E-state index in [1.54, 1.807) is 18.3 Å². The molecule has 0 spiro atoms. The number of amides is 1. The van der Waals surface area contributed by atoms with Gasteiger partial charge in [0.15, 0.2) is 6.61 Å². The second-order valence-electron chi connectivity index (χ2n) is 4.82. The van der Waals surface area contributed by atoms with Crippen LogP contribution in [0, 0.1) is 0 Å². The van der Waals surface area contributed by atoms with Crippen LogP contribution in [0.5, 0.6) is 5.75 Å². The van der Waals surface area contributed by atoms with E-state index in [0.717, 1.165) is 31.3 Å². The summed E-state index contributed by atoms with van der Waals surface area (Å²) in [6.45, 7) is 1.72. The third-order valence-corrected chi connectivity index (χ3v) is 3.82. The molecule has 0 aliphatic carbocycles. The Balaban J connectivity index is 1.77. The lowest BCUT2D eigenvalue weighted by molar-refractivity contribution is -0.132. The summed E-state index contributed by atoms with van der Waals surface area (Å²) in [6.07, 6.45) is 3.85. The number of carbonyl (C=O) groups is 1. The van der Waals surface area contributed by atoms with Crippen LogP contribution in [-0.4, -0.2) is 35.5 Å². The lowest BCUT2D eigenvalue weighted by atomic mass is 10.2. The number of halogens is 1. The van der Waals surface area contributed by atoms with Crippen LogP contribution in [0.4, 0.5) is 0 Å². The number of benzene rings is 1. The minimum absolute atomic E-state index is 0.0292. The average Bonchev–Trinajstić information content (AvgIpc) is 3.01. The van der Waals surface area contributed by atoms with E-state index < -0.39 is 0 Å². The molecule has 2 aromatic rings. The number of carbonyl (C=O) groups excluding carboxylic acids is 1. The van der Waals surface area contributed by atoms with Crippen molar-refractivity contribution in [2.75, 3.05) is 19.7 Å². The Morgan fingerprint density at radius 3 is 2.90 bits per heavy atom. The van der Waals surface area contributed by atoms with Gasteiger partial charge in [0, 0.05) is 24.7 Å². The van der Waals surface area contributed by atoms with E-state index in [1.807, 2.05) is 17.0 Å². The number of fused-ring (bicyclic) bond motifs is 1. The Kier molecular flexibility index (Phi) is 3.74. The zero-order valence-corrected chi connectivity index (χ0v) is 11.8. The van der Waals surface area contributed by atoms with Crippen LogP contribution in [0.15, 0.2) is 30.5 Å².